The van der Waals surface area contributed by atoms with Crippen molar-refractivity contribution in [2.75, 3.05) is 0 Å². The number of ketones is 1. The molecule has 3 heteroatoms. The number of phenols is 1. The minimum atomic E-state index is 0.0644. The molecular formula is C12H12O3. The van der Waals surface area contributed by atoms with Gasteiger partial charge >= 0.3 is 0 Å². The molecule has 0 amide bonds. The molecule has 0 bridgehead atoms. The first-order valence-corrected chi connectivity index (χ1v) is 5.27. The zero-order valence-electron chi connectivity index (χ0n) is 8.27. The molecular weight excluding hydrogens is 192 g/mol. The van der Waals surface area contributed by atoms with Gasteiger partial charge in [-0.05, 0) is 37.0 Å². The number of rotatable bonds is 1. The Balaban J connectivity index is 1.96. The summed E-state index contributed by atoms with van der Waals surface area (Å²) >= 11 is 0. The minimum absolute atomic E-state index is 0.0644. The highest BCUT2D eigenvalue weighted by atomic mass is 16.5. The zero-order valence-corrected chi connectivity index (χ0v) is 8.27. The van der Waals surface area contributed by atoms with Crippen molar-refractivity contribution in [3.05, 3.63) is 23.8 Å². The molecule has 1 unspecified atom stereocenters. The van der Waals surface area contributed by atoms with Crippen molar-refractivity contribution in [3.63, 3.8) is 0 Å². The first-order chi connectivity index (χ1) is 7.24. The van der Waals surface area contributed by atoms with Gasteiger partial charge in [-0.1, -0.05) is 0 Å². The van der Waals surface area contributed by atoms with Crippen molar-refractivity contribution in [1.29, 1.82) is 0 Å². The summed E-state index contributed by atoms with van der Waals surface area (Å²) < 4.78 is 5.75. The van der Waals surface area contributed by atoms with E-state index in [0.717, 1.165) is 0 Å². The maximum Gasteiger partial charge on any atom is 0.170 e. The molecule has 1 aliphatic heterocycles. The van der Waals surface area contributed by atoms with E-state index in [-0.39, 0.29) is 17.6 Å². The van der Waals surface area contributed by atoms with Gasteiger partial charge < -0.3 is 9.84 Å². The molecule has 0 aromatic heterocycles. The number of carbonyl (C=O) groups is 1. The maximum atomic E-state index is 11.8. The number of hydrogen-bond donors (Lipinski definition) is 1. The van der Waals surface area contributed by atoms with Gasteiger partial charge in [-0.25, -0.2) is 0 Å². The fraction of sp³-hybridized carbons (Fsp3) is 0.417. The predicted octanol–water partition coefficient (Wildman–Crippen LogP) is 2.14. The van der Waals surface area contributed by atoms with Gasteiger partial charge in [-0.2, -0.15) is 0 Å². The van der Waals surface area contributed by atoms with Crippen molar-refractivity contribution in [2.45, 2.75) is 25.4 Å². The highest BCUT2D eigenvalue weighted by molar-refractivity contribution is 6.00. The Labute approximate surface area is 87.7 Å². The van der Waals surface area contributed by atoms with E-state index >= 15 is 0 Å². The summed E-state index contributed by atoms with van der Waals surface area (Å²) in [6.07, 6.45) is 2.87. The Morgan fingerprint density at radius 2 is 2.13 bits per heavy atom. The van der Waals surface area contributed by atoms with Crippen LogP contribution in [0.3, 0.4) is 0 Å². The average molecular weight is 204 g/mol. The molecule has 78 valence electrons. The topological polar surface area (TPSA) is 46.5 Å². The SMILES string of the molecule is O=C1CC(C2CC2)Oc2ccc(O)cc21. The van der Waals surface area contributed by atoms with Crippen molar-refractivity contribution in [3.8, 4) is 11.5 Å². The van der Waals surface area contributed by atoms with Crippen molar-refractivity contribution in [1.82, 2.24) is 0 Å². The summed E-state index contributed by atoms with van der Waals surface area (Å²) in [5.74, 6) is 1.40. The fourth-order valence-electron chi connectivity index (χ4n) is 2.07. The average Bonchev–Trinajstić information content (AvgIpc) is 3.02. The number of hydrogen-bond acceptors (Lipinski definition) is 3. The van der Waals surface area contributed by atoms with E-state index < -0.39 is 0 Å². The lowest BCUT2D eigenvalue weighted by molar-refractivity contribution is 0.0818. The summed E-state index contributed by atoms with van der Waals surface area (Å²) in [4.78, 5) is 11.8. The summed E-state index contributed by atoms with van der Waals surface area (Å²) in [7, 11) is 0. The van der Waals surface area contributed by atoms with E-state index in [9.17, 15) is 9.90 Å². The molecule has 2 aliphatic rings. The van der Waals surface area contributed by atoms with Crippen LogP contribution in [0, 0.1) is 5.92 Å². The van der Waals surface area contributed by atoms with Gasteiger partial charge in [-0.3, -0.25) is 4.79 Å². The van der Waals surface area contributed by atoms with Gasteiger partial charge in [-0.15, -0.1) is 0 Å². The second-order valence-corrected chi connectivity index (χ2v) is 4.30. The second kappa shape index (κ2) is 2.99. The molecule has 3 nitrogen and oxygen atoms in total. The number of fused-ring (bicyclic) bond motifs is 1. The smallest absolute Gasteiger partial charge is 0.170 e. The third-order valence-electron chi connectivity index (χ3n) is 3.08. The third-order valence-corrected chi connectivity index (χ3v) is 3.08. The largest absolute Gasteiger partial charge is 0.508 e. The predicted molar refractivity (Wildman–Crippen MR) is 54.2 cm³/mol. The molecule has 0 saturated heterocycles. The zero-order chi connectivity index (χ0) is 10.4. The molecule has 0 spiro atoms. The van der Waals surface area contributed by atoms with E-state index in [0.29, 0.717) is 23.7 Å². The molecule has 1 fully saturated rings. The Hall–Kier alpha value is -1.51. The highest BCUT2D eigenvalue weighted by Gasteiger charge is 2.38. The minimum Gasteiger partial charge on any atom is -0.508 e. The van der Waals surface area contributed by atoms with Crippen LogP contribution in [0.5, 0.6) is 11.5 Å². The molecule has 0 radical (unpaired) electrons. The van der Waals surface area contributed by atoms with Crippen LogP contribution in [0.1, 0.15) is 29.6 Å². The van der Waals surface area contributed by atoms with Crippen LogP contribution in [0.25, 0.3) is 0 Å². The van der Waals surface area contributed by atoms with Gasteiger partial charge in [0.15, 0.2) is 5.78 Å². The summed E-state index contributed by atoms with van der Waals surface area (Å²) in [6.45, 7) is 0. The molecule has 1 aromatic rings. The number of ether oxygens (including phenoxy) is 1. The third kappa shape index (κ3) is 1.48. The van der Waals surface area contributed by atoms with Crippen LogP contribution in [0.2, 0.25) is 0 Å². The summed E-state index contributed by atoms with van der Waals surface area (Å²) in [5.41, 5.74) is 0.520. The van der Waals surface area contributed by atoms with Gasteiger partial charge in [0.1, 0.15) is 17.6 Å². The molecule has 1 aliphatic carbocycles. The Morgan fingerprint density at radius 1 is 1.33 bits per heavy atom. The lowest BCUT2D eigenvalue weighted by atomic mass is 9.98. The normalized spacial score (nSPS) is 24.5. The molecule has 1 N–H and O–H groups in total. The molecule has 3 rings (SSSR count). The number of phenolic OH excluding ortho intramolecular Hbond substituents is 1. The standard InChI is InChI=1S/C12H12O3/c13-8-3-4-11-9(5-8)10(14)6-12(15-11)7-1-2-7/h3-5,7,12-13H,1-2,6H2. The number of Topliss-reactive ketones (excluding diaryl/α,β-unsaturated/α-hetero) is 1. The van der Waals surface area contributed by atoms with Gasteiger partial charge in [0.2, 0.25) is 0 Å². The van der Waals surface area contributed by atoms with Crippen LogP contribution in [-0.4, -0.2) is 17.0 Å². The lowest BCUT2D eigenvalue weighted by Crippen LogP contribution is -2.28. The van der Waals surface area contributed by atoms with Gasteiger partial charge in [0.25, 0.3) is 0 Å². The maximum absolute atomic E-state index is 11.8. The Kier molecular flexibility index (Phi) is 1.75. The lowest BCUT2D eigenvalue weighted by Gasteiger charge is -2.25. The van der Waals surface area contributed by atoms with Crippen molar-refractivity contribution in [2.24, 2.45) is 5.92 Å². The first-order valence-electron chi connectivity index (χ1n) is 5.27. The van der Waals surface area contributed by atoms with E-state index in [1.807, 2.05) is 0 Å². The van der Waals surface area contributed by atoms with Crippen molar-refractivity contribution >= 4 is 5.78 Å². The number of aromatic hydroxyl groups is 1. The molecule has 1 saturated carbocycles. The van der Waals surface area contributed by atoms with Crippen molar-refractivity contribution < 1.29 is 14.6 Å². The van der Waals surface area contributed by atoms with E-state index in [1.165, 1.54) is 18.9 Å². The number of carbonyl (C=O) groups excluding carboxylic acids is 1. The summed E-state index contributed by atoms with van der Waals surface area (Å²) in [5, 5.41) is 9.29. The van der Waals surface area contributed by atoms with E-state index in [1.54, 1.807) is 12.1 Å². The highest BCUT2D eigenvalue weighted by Crippen LogP contribution is 2.40. The van der Waals surface area contributed by atoms with Gasteiger partial charge in [0.05, 0.1) is 5.56 Å². The van der Waals surface area contributed by atoms with E-state index in [2.05, 4.69) is 0 Å². The summed E-state index contributed by atoms with van der Waals surface area (Å²) in [6, 6.07) is 4.72. The molecule has 1 atom stereocenters. The monoisotopic (exact) mass is 204 g/mol. The van der Waals surface area contributed by atoms with E-state index in [4.69, 9.17) is 4.74 Å². The quantitative estimate of drug-likeness (QED) is 0.762. The van der Waals surface area contributed by atoms with Crippen LogP contribution in [0.4, 0.5) is 0 Å². The Bertz CT molecular complexity index is 421. The first kappa shape index (κ1) is 8.77. The Morgan fingerprint density at radius 3 is 2.87 bits per heavy atom. The molecule has 1 aromatic carbocycles. The molecule has 1 heterocycles. The fourth-order valence-corrected chi connectivity index (χ4v) is 2.07. The van der Waals surface area contributed by atoms with Crippen LogP contribution >= 0.6 is 0 Å². The number of benzene rings is 1. The van der Waals surface area contributed by atoms with Gasteiger partial charge in [0, 0.05) is 6.42 Å². The van der Waals surface area contributed by atoms with Crippen LogP contribution in [0.15, 0.2) is 18.2 Å². The van der Waals surface area contributed by atoms with Crippen LogP contribution < -0.4 is 4.74 Å². The second-order valence-electron chi connectivity index (χ2n) is 4.30. The van der Waals surface area contributed by atoms with Crippen LogP contribution in [-0.2, 0) is 0 Å². The molecule has 15 heavy (non-hydrogen) atoms.